The molecule has 4 heteroatoms. The van der Waals surface area contributed by atoms with Crippen LogP contribution in [0, 0.1) is 32.4 Å². The zero-order chi connectivity index (χ0) is 14.9. The van der Waals surface area contributed by atoms with Gasteiger partial charge in [0.15, 0.2) is 11.6 Å². The maximum Gasteiger partial charge on any atom is 0.164 e. The van der Waals surface area contributed by atoms with Gasteiger partial charge in [-0.25, -0.2) is 14.2 Å². The minimum Gasteiger partial charge on any atom is -0.271 e. The van der Waals surface area contributed by atoms with E-state index in [2.05, 4.69) is 5.43 Å². The molecule has 0 saturated heterocycles. The van der Waals surface area contributed by atoms with Crippen LogP contribution in [0.2, 0.25) is 0 Å². The molecular weight excluding hydrogens is 258 g/mol. The summed E-state index contributed by atoms with van der Waals surface area (Å²) in [7, 11) is 0. The molecule has 0 fully saturated rings. The van der Waals surface area contributed by atoms with Crippen LogP contribution in [0.1, 0.15) is 33.9 Å². The summed E-state index contributed by atoms with van der Waals surface area (Å²) >= 11 is 0. The molecule has 0 aromatic heterocycles. The third-order valence-corrected chi connectivity index (χ3v) is 3.52. The van der Waals surface area contributed by atoms with Crippen LogP contribution in [0.3, 0.4) is 0 Å². The van der Waals surface area contributed by atoms with Crippen molar-refractivity contribution in [1.82, 2.24) is 5.43 Å². The van der Waals surface area contributed by atoms with E-state index in [0.717, 1.165) is 16.7 Å². The van der Waals surface area contributed by atoms with Crippen LogP contribution in [0.15, 0.2) is 30.3 Å². The van der Waals surface area contributed by atoms with Crippen molar-refractivity contribution in [2.75, 3.05) is 0 Å². The molecule has 2 nitrogen and oxygen atoms in total. The first-order valence-electron chi connectivity index (χ1n) is 6.43. The second-order valence-electron chi connectivity index (χ2n) is 5.06. The Kier molecular flexibility index (Phi) is 4.16. The Labute approximate surface area is 117 Å². The number of hydrogen-bond donors (Lipinski definition) is 2. The molecule has 1 atom stereocenters. The number of benzene rings is 2. The first-order chi connectivity index (χ1) is 9.45. The Morgan fingerprint density at radius 3 is 2.15 bits per heavy atom. The van der Waals surface area contributed by atoms with Crippen LogP contribution in [0.4, 0.5) is 8.78 Å². The predicted octanol–water partition coefficient (Wildman–Crippen LogP) is 3.44. The van der Waals surface area contributed by atoms with Crippen molar-refractivity contribution in [3.8, 4) is 0 Å². The van der Waals surface area contributed by atoms with Gasteiger partial charge in [0.1, 0.15) is 0 Å². The fraction of sp³-hybridized carbons (Fsp3) is 0.250. The Morgan fingerprint density at radius 2 is 1.55 bits per heavy atom. The Balaban J connectivity index is 2.55. The van der Waals surface area contributed by atoms with Gasteiger partial charge >= 0.3 is 0 Å². The van der Waals surface area contributed by atoms with E-state index in [1.807, 2.05) is 32.0 Å². The molecule has 106 valence electrons. The van der Waals surface area contributed by atoms with Crippen molar-refractivity contribution in [2.24, 2.45) is 5.84 Å². The number of hydrazine groups is 1. The van der Waals surface area contributed by atoms with E-state index in [1.54, 1.807) is 12.1 Å². The molecule has 1 unspecified atom stereocenters. The van der Waals surface area contributed by atoms with Gasteiger partial charge in [0.25, 0.3) is 0 Å². The fourth-order valence-electron chi connectivity index (χ4n) is 2.38. The van der Waals surface area contributed by atoms with E-state index in [0.29, 0.717) is 0 Å². The third kappa shape index (κ3) is 2.57. The standard InChI is InChI=1S/C16H18F2N2/c1-9-4-6-12(11(3)8-9)16(20-19)13-7-5-10(2)14(17)15(13)18/h4-8,16,20H,19H2,1-3H3. The van der Waals surface area contributed by atoms with E-state index in [4.69, 9.17) is 5.84 Å². The summed E-state index contributed by atoms with van der Waals surface area (Å²) in [6.07, 6.45) is 0. The van der Waals surface area contributed by atoms with Crippen LogP contribution in [0.5, 0.6) is 0 Å². The monoisotopic (exact) mass is 276 g/mol. The second kappa shape index (κ2) is 5.69. The maximum absolute atomic E-state index is 14.1. The average Bonchev–Trinajstić information content (AvgIpc) is 2.41. The Bertz CT molecular complexity index is 639. The highest BCUT2D eigenvalue weighted by molar-refractivity contribution is 5.40. The molecule has 0 aliphatic rings. The van der Waals surface area contributed by atoms with Gasteiger partial charge in [-0.15, -0.1) is 0 Å². The Hall–Kier alpha value is -1.78. The van der Waals surface area contributed by atoms with Crippen molar-refractivity contribution >= 4 is 0 Å². The zero-order valence-electron chi connectivity index (χ0n) is 11.8. The highest BCUT2D eigenvalue weighted by Crippen LogP contribution is 2.28. The fourth-order valence-corrected chi connectivity index (χ4v) is 2.38. The molecule has 0 bridgehead atoms. The van der Waals surface area contributed by atoms with Gasteiger partial charge in [0.2, 0.25) is 0 Å². The van der Waals surface area contributed by atoms with E-state index >= 15 is 0 Å². The van der Waals surface area contributed by atoms with Crippen molar-refractivity contribution in [3.63, 3.8) is 0 Å². The molecule has 2 aromatic rings. The summed E-state index contributed by atoms with van der Waals surface area (Å²) in [5, 5.41) is 0. The van der Waals surface area contributed by atoms with Crippen LogP contribution in [0.25, 0.3) is 0 Å². The molecule has 3 N–H and O–H groups in total. The lowest BCUT2D eigenvalue weighted by molar-refractivity contribution is 0.478. The number of nitrogens with one attached hydrogen (secondary N) is 1. The number of hydrogen-bond acceptors (Lipinski definition) is 2. The van der Waals surface area contributed by atoms with Gasteiger partial charge in [-0.05, 0) is 37.5 Å². The van der Waals surface area contributed by atoms with Gasteiger partial charge in [0, 0.05) is 5.56 Å². The minimum atomic E-state index is -0.854. The molecule has 2 aromatic carbocycles. The van der Waals surface area contributed by atoms with Gasteiger partial charge in [-0.2, -0.15) is 0 Å². The second-order valence-corrected chi connectivity index (χ2v) is 5.06. The first-order valence-corrected chi connectivity index (χ1v) is 6.43. The maximum atomic E-state index is 14.1. The van der Waals surface area contributed by atoms with Gasteiger partial charge in [-0.1, -0.05) is 35.9 Å². The summed E-state index contributed by atoms with van der Waals surface area (Å²) in [6, 6.07) is 8.34. The normalized spacial score (nSPS) is 12.5. The third-order valence-electron chi connectivity index (χ3n) is 3.52. The number of halogens is 2. The smallest absolute Gasteiger partial charge is 0.164 e. The lowest BCUT2D eigenvalue weighted by Crippen LogP contribution is -2.30. The van der Waals surface area contributed by atoms with Crippen molar-refractivity contribution < 1.29 is 8.78 Å². The van der Waals surface area contributed by atoms with Crippen LogP contribution in [-0.2, 0) is 0 Å². The van der Waals surface area contributed by atoms with Crippen LogP contribution in [-0.4, -0.2) is 0 Å². The van der Waals surface area contributed by atoms with Crippen LogP contribution < -0.4 is 11.3 Å². The molecule has 0 amide bonds. The lowest BCUT2D eigenvalue weighted by Gasteiger charge is -2.20. The minimum absolute atomic E-state index is 0.211. The SMILES string of the molecule is Cc1ccc(C(NN)c2ccc(C)c(F)c2F)c(C)c1. The molecule has 0 saturated carbocycles. The number of nitrogens with two attached hydrogens (primary N) is 1. The summed E-state index contributed by atoms with van der Waals surface area (Å²) < 4.78 is 27.9. The van der Waals surface area contributed by atoms with E-state index < -0.39 is 17.7 Å². The quantitative estimate of drug-likeness (QED) is 0.665. The summed E-state index contributed by atoms with van der Waals surface area (Å²) in [5.41, 5.74) is 5.99. The largest absolute Gasteiger partial charge is 0.271 e. The van der Waals surface area contributed by atoms with Crippen LogP contribution >= 0.6 is 0 Å². The summed E-state index contributed by atoms with van der Waals surface area (Å²) in [5.74, 6) is 3.88. The molecule has 0 heterocycles. The zero-order valence-corrected chi connectivity index (χ0v) is 11.8. The topological polar surface area (TPSA) is 38.0 Å². The van der Waals surface area contributed by atoms with Gasteiger partial charge in [0.05, 0.1) is 6.04 Å². The molecular formula is C16H18F2N2. The molecule has 0 spiro atoms. The highest BCUT2D eigenvalue weighted by Gasteiger charge is 2.21. The van der Waals surface area contributed by atoms with Gasteiger partial charge in [-0.3, -0.25) is 5.84 Å². The van der Waals surface area contributed by atoms with E-state index in [9.17, 15) is 8.78 Å². The van der Waals surface area contributed by atoms with E-state index in [-0.39, 0.29) is 11.1 Å². The number of rotatable bonds is 3. The highest BCUT2D eigenvalue weighted by atomic mass is 19.2. The van der Waals surface area contributed by atoms with Crippen molar-refractivity contribution in [1.29, 1.82) is 0 Å². The van der Waals surface area contributed by atoms with Crippen molar-refractivity contribution in [3.05, 3.63) is 69.8 Å². The number of aryl methyl sites for hydroxylation is 3. The lowest BCUT2D eigenvalue weighted by atomic mass is 9.93. The molecule has 0 aliphatic heterocycles. The first kappa shape index (κ1) is 14.6. The van der Waals surface area contributed by atoms with Crippen molar-refractivity contribution in [2.45, 2.75) is 26.8 Å². The molecule has 20 heavy (non-hydrogen) atoms. The Morgan fingerprint density at radius 1 is 0.900 bits per heavy atom. The van der Waals surface area contributed by atoms with E-state index in [1.165, 1.54) is 6.92 Å². The molecule has 0 aliphatic carbocycles. The van der Waals surface area contributed by atoms with Gasteiger partial charge < -0.3 is 0 Å². The summed E-state index contributed by atoms with van der Waals surface area (Å²) in [6.45, 7) is 5.44. The average molecular weight is 276 g/mol. The summed E-state index contributed by atoms with van der Waals surface area (Å²) in [4.78, 5) is 0. The molecule has 0 radical (unpaired) electrons. The molecule has 2 rings (SSSR count). The predicted molar refractivity (Wildman–Crippen MR) is 76.2 cm³/mol.